The number of rotatable bonds is 4. The minimum absolute atomic E-state index is 0.298. The number of benzene rings is 2. The molecule has 0 saturated heterocycles. The van der Waals surface area contributed by atoms with Crippen LogP contribution in [0.3, 0.4) is 0 Å². The molecule has 106 valence electrons. The first-order valence-corrected chi connectivity index (χ1v) is 6.57. The summed E-state index contributed by atoms with van der Waals surface area (Å²) in [7, 11) is 1.52. The molecule has 1 N–H and O–H groups in total. The molecule has 0 heterocycles. The average Bonchev–Trinajstić information content (AvgIpc) is 2.39. The number of hydrogen-bond donors (Lipinski definition) is 1. The Labute approximate surface area is 118 Å². The van der Waals surface area contributed by atoms with Crippen LogP contribution in [-0.4, -0.2) is 12.2 Å². The Balaban J connectivity index is 2.42. The molecular formula is C17H19FO2. The van der Waals surface area contributed by atoms with Gasteiger partial charge in [0.2, 0.25) is 0 Å². The Bertz CT molecular complexity index is 558. The van der Waals surface area contributed by atoms with E-state index < -0.39 is 18.0 Å². The van der Waals surface area contributed by atoms with Gasteiger partial charge >= 0.3 is 0 Å². The SMILES string of the molecule is COC(c1ccccc1)C(O)c1c(C)cc(C)cc1F. The van der Waals surface area contributed by atoms with Gasteiger partial charge in [0.15, 0.2) is 0 Å². The zero-order valence-corrected chi connectivity index (χ0v) is 11.9. The number of ether oxygens (including phenoxy) is 1. The second-order valence-corrected chi connectivity index (χ2v) is 4.99. The maximum Gasteiger partial charge on any atom is 0.129 e. The molecule has 0 spiro atoms. The van der Waals surface area contributed by atoms with Crippen molar-refractivity contribution >= 4 is 0 Å². The standard InChI is InChI=1S/C17H19FO2/c1-11-9-12(2)15(14(18)10-11)16(19)17(20-3)13-7-5-4-6-8-13/h4-10,16-17,19H,1-3H3. The maximum absolute atomic E-state index is 14.2. The van der Waals surface area contributed by atoms with Crippen molar-refractivity contribution in [2.24, 2.45) is 0 Å². The van der Waals surface area contributed by atoms with Crippen molar-refractivity contribution in [2.75, 3.05) is 7.11 Å². The van der Waals surface area contributed by atoms with Crippen molar-refractivity contribution in [2.45, 2.75) is 26.1 Å². The highest BCUT2D eigenvalue weighted by Crippen LogP contribution is 2.34. The smallest absolute Gasteiger partial charge is 0.129 e. The van der Waals surface area contributed by atoms with Crippen LogP contribution in [0, 0.1) is 19.7 Å². The Morgan fingerprint density at radius 2 is 1.75 bits per heavy atom. The van der Waals surface area contributed by atoms with E-state index in [0.717, 1.165) is 16.7 Å². The molecule has 0 amide bonds. The van der Waals surface area contributed by atoms with Gasteiger partial charge in [-0.25, -0.2) is 4.39 Å². The molecule has 2 rings (SSSR count). The third-order valence-electron chi connectivity index (χ3n) is 3.45. The summed E-state index contributed by atoms with van der Waals surface area (Å²) >= 11 is 0. The lowest BCUT2D eigenvalue weighted by molar-refractivity contribution is -0.0168. The highest BCUT2D eigenvalue weighted by atomic mass is 19.1. The minimum Gasteiger partial charge on any atom is -0.385 e. The lowest BCUT2D eigenvalue weighted by Gasteiger charge is -2.24. The summed E-state index contributed by atoms with van der Waals surface area (Å²) in [5.74, 6) is -0.395. The molecule has 0 fully saturated rings. The van der Waals surface area contributed by atoms with Crippen LogP contribution in [0.4, 0.5) is 4.39 Å². The maximum atomic E-state index is 14.2. The summed E-state index contributed by atoms with van der Waals surface area (Å²) in [6.45, 7) is 3.63. The highest BCUT2D eigenvalue weighted by Gasteiger charge is 2.26. The lowest BCUT2D eigenvalue weighted by atomic mass is 9.93. The van der Waals surface area contributed by atoms with E-state index in [0.29, 0.717) is 5.56 Å². The molecule has 0 aliphatic heterocycles. The lowest BCUT2D eigenvalue weighted by Crippen LogP contribution is -2.15. The Kier molecular flexibility index (Phi) is 4.53. The number of hydrogen-bond acceptors (Lipinski definition) is 2. The molecule has 2 unspecified atom stereocenters. The van der Waals surface area contributed by atoms with E-state index >= 15 is 0 Å². The van der Waals surface area contributed by atoms with Crippen LogP contribution in [0.2, 0.25) is 0 Å². The molecule has 20 heavy (non-hydrogen) atoms. The van der Waals surface area contributed by atoms with E-state index in [-0.39, 0.29) is 0 Å². The van der Waals surface area contributed by atoms with Crippen molar-refractivity contribution < 1.29 is 14.2 Å². The van der Waals surface area contributed by atoms with Crippen molar-refractivity contribution in [3.63, 3.8) is 0 Å². The quantitative estimate of drug-likeness (QED) is 0.917. The van der Waals surface area contributed by atoms with E-state index in [9.17, 15) is 9.50 Å². The van der Waals surface area contributed by atoms with Crippen molar-refractivity contribution in [3.8, 4) is 0 Å². The Hall–Kier alpha value is -1.71. The van der Waals surface area contributed by atoms with Gasteiger partial charge in [0.1, 0.15) is 18.0 Å². The second-order valence-electron chi connectivity index (χ2n) is 4.99. The fourth-order valence-corrected chi connectivity index (χ4v) is 2.54. The Morgan fingerprint density at radius 1 is 1.10 bits per heavy atom. The van der Waals surface area contributed by atoms with Gasteiger partial charge in [0.25, 0.3) is 0 Å². The first kappa shape index (κ1) is 14.7. The summed E-state index contributed by atoms with van der Waals surface area (Å²) in [5, 5.41) is 10.5. The summed E-state index contributed by atoms with van der Waals surface area (Å²) in [5.41, 5.74) is 2.69. The predicted molar refractivity (Wildman–Crippen MR) is 77.0 cm³/mol. The second kappa shape index (κ2) is 6.16. The number of halogens is 1. The summed E-state index contributed by atoms with van der Waals surface area (Å²) < 4.78 is 19.5. The van der Waals surface area contributed by atoms with Crippen molar-refractivity contribution in [3.05, 3.63) is 70.5 Å². The molecule has 2 aromatic rings. The van der Waals surface area contributed by atoms with Crippen LogP contribution in [0.1, 0.15) is 34.5 Å². The first-order chi connectivity index (χ1) is 9.54. The van der Waals surface area contributed by atoms with Gasteiger partial charge in [-0.1, -0.05) is 36.4 Å². The molecule has 0 saturated carbocycles. The van der Waals surface area contributed by atoms with Crippen molar-refractivity contribution in [1.29, 1.82) is 0 Å². The van der Waals surface area contributed by atoms with Gasteiger partial charge in [-0.15, -0.1) is 0 Å². The molecule has 0 aromatic heterocycles. The van der Waals surface area contributed by atoms with Gasteiger partial charge in [-0.05, 0) is 36.6 Å². The van der Waals surface area contributed by atoms with Crippen LogP contribution in [0.25, 0.3) is 0 Å². The molecule has 2 atom stereocenters. The normalized spacial score (nSPS) is 14.1. The summed E-state index contributed by atoms with van der Waals surface area (Å²) in [6, 6.07) is 12.6. The zero-order chi connectivity index (χ0) is 14.7. The molecular weight excluding hydrogens is 255 g/mol. The largest absolute Gasteiger partial charge is 0.385 e. The number of aliphatic hydroxyl groups excluding tert-OH is 1. The predicted octanol–water partition coefficient (Wildman–Crippen LogP) is 3.86. The topological polar surface area (TPSA) is 29.5 Å². The summed E-state index contributed by atoms with van der Waals surface area (Å²) in [6.07, 6.45) is -1.63. The monoisotopic (exact) mass is 274 g/mol. The fourth-order valence-electron chi connectivity index (χ4n) is 2.54. The van der Waals surface area contributed by atoms with E-state index in [1.807, 2.05) is 43.3 Å². The van der Waals surface area contributed by atoms with E-state index in [2.05, 4.69) is 0 Å². The third-order valence-corrected chi connectivity index (χ3v) is 3.45. The third kappa shape index (κ3) is 2.89. The van der Waals surface area contributed by atoms with Gasteiger partial charge in [-0.2, -0.15) is 0 Å². The zero-order valence-electron chi connectivity index (χ0n) is 11.9. The summed E-state index contributed by atoms with van der Waals surface area (Å²) in [4.78, 5) is 0. The van der Waals surface area contributed by atoms with Crippen LogP contribution in [0.5, 0.6) is 0 Å². The molecule has 2 nitrogen and oxygen atoms in total. The number of aliphatic hydroxyl groups is 1. The molecule has 3 heteroatoms. The van der Waals surface area contributed by atoms with Crippen LogP contribution in [0.15, 0.2) is 42.5 Å². The highest BCUT2D eigenvalue weighted by molar-refractivity contribution is 5.35. The van der Waals surface area contributed by atoms with E-state index in [1.165, 1.54) is 13.2 Å². The van der Waals surface area contributed by atoms with Crippen LogP contribution in [-0.2, 0) is 4.74 Å². The number of methoxy groups -OCH3 is 1. The molecule has 0 bridgehead atoms. The van der Waals surface area contributed by atoms with Crippen LogP contribution >= 0.6 is 0 Å². The minimum atomic E-state index is -1.04. The molecule has 0 radical (unpaired) electrons. The van der Waals surface area contributed by atoms with E-state index in [4.69, 9.17) is 4.74 Å². The van der Waals surface area contributed by atoms with E-state index in [1.54, 1.807) is 6.92 Å². The van der Waals surface area contributed by atoms with Gasteiger partial charge in [0, 0.05) is 12.7 Å². The molecule has 0 aliphatic rings. The van der Waals surface area contributed by atoms with Crippen LogP contribution < -0.4 is 0 Å². The first-order valence-electron chi connectivity index (χ1n) is 6.57. The molecule has 0 aliphatic carbocycles. The van der Waals surface area contributed by atoms with Crippen molar-refractivity contribution in [1.82, 2.24) is 0 Å². The van der Waals surface area contributed by atoms with Gasteiger partial charge in [0.05, 0.1) is 0 Å². The number of aryl methyl sites for hydroxylation is 2. The van der Waals surface area contributed by atoms with Gasteiger partial charge < -0.3 is 9.84 Å². The fraction of sp³-hybridized carbons (Fsp3) is 0.294. The average molecular weight is 274 g/mol. The van der Waals surface area contributed by atoms with Gasteiger partial charge in [-0.3, -0.25) is 0 Å². The molecule has 2 aromatic carbocycles. The Morgan fingerprint density at radius 3 is 2.30 bits per heavy atom.